The summed E-state index contributed by atoms with van der Waals surface area (Å²) in [5.74, 6) is -0.0302. The van der Waals surface area contributed by atoms with E-state index in [1.165, 1.54) is 0 Å². The largest absolute Gasteiger partial charge is 0.484 e. The fourth-order valence-corrected chi connectivity index (χ4v) is 3.94. The number of amides is 2. The van der Waals surface area contributed by atoms with Gasteiger partial charge in [0.1, 0.15) is 11.8 Å². The number of nitrogens with one attached hydrogen (secondary N) is 1. The van der Waals surface area contributed by atoms with Gasteiger partial charge in [-0.3, -0.25) is 9.59 Å². The Hall–Kier alpha value is -3.02. The van der Waals surface area contributed by atoms with Gasteiger partial charge in [-0.1, -0.05) is 65.7 Å². The van der Waals surface area contributed by atoms with E-state index < -0.39 is 11.6 Å². The van der Waals surface area contributed by atoms with Gasteiger partial charge in [-0.05, 0) is 68.3 Å². The third kappa shape index (κ3) is 8.61. The molecule has 3 aromatic rings. The van der Waals surface area contributed by atoms with Crippen molar-refractivity contribution >= 4 is 35.0 Å². The van der Waals surface area contributed by atoms with E-state index in [4.69, 9.17) is 27.9 Å². The Morgan fingerprint density at radius 3 is 2.17 bits per heavy atom. The summed E-state index contributed by atoms with van der Waals surface area (Å²) in [6, 6.07) is 23.0. The second-order valence-electron chi connectivity index (χ2n) is 9.34. The Bertz CT molecular complexity index is 1130. The van der Waals surface area contributed by atoms with Crippen LogP contribution in [-0.2, 0) is 22.6 Å². The Kier molecular flexibility index (Phi) is 9.19. The average Bonchev–Trinajstić information content (AvgIpc) is 2.80. The molecule has 0 aliphatic heterocycles. The SMILES string of the molecule is CC(C)(C)NC(=O)C(Cc1ccccc1)N(Cc1cccc(Cl)c1)C(=O)COc1ccc(Cl)cc1. The van der Waals surface area contributed by atoms with Crippen molar-refractivity contribution in [2.75, 3.05) is 6.61 Å². The fourth-order valence-electron chi connectivity index (χ4n) is 3.60. The van der Waals surface area contributed by atoms with Crippen LogP contribution in [0.25, 0.3) is 0 Å². The molecular formula is C28H30Cl2N2O3. The summed E-state index contributed by atoms with van der Waals surface area (Å²) >= 11 is 12.2. The van der Waals surface area contributed by atoms with Crippen LogP contribution in [-0.4, -0.2) is 34.9 Å². The molecule has 184 valence electrons. The lowest BCUT2D eigenvalue weighted by atomic mass is 10.0. The maximum atomic E-state index is 13.5. The molecule has 1 N–H and O–H groups in total. The van der Waals surface area contributed by atoms with Gasteiger partial charge >= 0.3 is 0 Å². The van der Waals surface area contributed by atoms with Gasteiger partial charge in [0.05, 0.1) is 0 Å². The van der Waals surface area contributed by atoms with E-state index in [-0.39, 0.29) is 25.0 Å². The molecule has 0 aliphatic rings. The number of ether oxygens (including phenoxy) is 1. The number of hydrogen-bond donors (Lipinski definition) is 1. The predicted octanol–water partition coefficient (Wildman–Crippen LogP) is 5.93. The Labute approximate surface area is 217 Å². The van der Waals surface area contributed by atoms with E-state index >= 15 is 0 Å². The highest BCUT2D eigenvalue weighted by Gasteiger charge is 2.32. The zero-order chi connectivity index (χ0) is 25.4. The van der Waals surface area contributed by atoms with E-state index in [0.29, 0.717) is 22.2 Å². The molecular weight excluding hydrogens is 483 g/mol. The molecule has 0 spiro atoms. The van der Waals surface area contributed by atoms with Gasteiger partial charge in [0.15, 0.2) is 6.61 Å². The number of carbonyl (C=O) groups is 2. The van der Waals surface area contributed by atoms with Crippen LogP contribution < -0.4 is 10.1 Å². The summed E-state index contributed by atoms with van der Waals surface area (Å²) in [4.78, 5) is 28.6. The Morgan fingerprint density at radius 2 is 1.54 bits per heavy atom. The molecule has 0 radical (unpaired) electrons. The zero-order valence-electron chi connectivity index (χ0n) is 20.1. The molecule has 3 aromatic carbocycles. The van der Waals surface area contributed by atoms with Gasteiger partial charge < -0.3 is 15.0 Å². The number of nitrogens with zero attached hydrogens (tertiary/aromatic N) is 1. The lowest BCUT2D eigenvalue weighted by Crippen LogP contribution is -2.55. The molecule has 5 nitrogen and oxygen atoms in total. The standard InChI is InChI=1S/C28H30Cl2N2O3/c1-28(2,3)31-27(34)25(17-20-8-5-4-6-9-20)32(18-21-10-7-11-23(30)16-21)26(33)19-35-24-14-12-22(29)13-15-24/h4-16,25H,17-19H2,1-3H3,(H,31,34). The van der Waals surface area contributed by atoms with E-state index in [1.807, 2.05) is 63.2 Å². The lowest BCUT2D eigenvalue weighted by molar-refractivity contribution is -0.143. The maximum Gasteiger partial charge on any atom is 0.261 e. The highest BCUT2D eigenvalue weighted by Crippen LogP contribution is 2.20. The summed E-state index contributed by atoms with van der Waals surface area (Å²) in [5, 5.41) is 4.18. The first kappa shape index (κ1) is 26.6. The topological polar surface area (TPSA) is 58.6 Å². The van der Waals surface area contributed by atoms with E-state index in [2.05, 4.69) is 5.32 Å². The zero-order valence-corrected chi connectivity index (χ0v) is 21.6. The number of hydrogen-bond acceptors (Lipinski definition) is 3. The minimum atomic E-state index is -0.753. The monoisotopic (exact) mass is 512 g/mol. The second kappa shape index (κ2) is 12.1. The van der Waals surface area contributed by atoms with Crippen molar-refractivity contribution in [1.29, 1.82) is 0 Å². The fraction of sp³-hybridized carbons (Fsp3) is 0.286. The Balaban J connectivity index is 1.92. The molecule has 2 amide bonds. The first-order valence-corrected chi connectivity index (χ1v) is 12.1. The molecule has 1 atom stereocenters. The van der Waals surface area contributed by atoms with Crippen LogP contribution in [0.3, 0.4) is 0 Å². The van der Waals surface area contributed by atoms with Crippen LogP contribution in [0.1, 0.15) is 31.9 Å². The molecule has 7 heteroatoms. The number of carbonyl (C=O) groups excluding carboxylic acids is 2. The number of rotatable bonds is 9. The summed E-state index contributed by atoms with van der Waals surface area (Å²) in [5.41, 5.74) is 1.30. The third-order valence-electron chi connectivity index (χ3n) is 5.19. The predicted molar refractivity (Wildman–Crippen MR) is 141 cm³/mol. The lowest BCUT2D eigenvalue weighted by Gasteiger charge is -2.33. The van der Waals surface area contributed by atoms with Gasteiger partial charge in [0.25, 0.3) is 5.91 Å². The molecule has 0 fully saturated rings. The van der Waals surface area contributed by atoms with Gasteiger partial charge in [-0.15, -0.1) is 0 Å². The minimum Gasteiger partial charge on any atom is -0.484 e. The van der Waals surface area contributed by atoms with Crippen LogP contribution in [0.15, 0.2) is 78.9 Å². The normalized spacial score (nSPS) is 12.0. The van der Waals surface area contributed by atoms with E-state index in [1.54, 1.807) is 41.3 Å². The molecule has 0 saturated heterocycles. The van der Waals surface area contributed by atoms with Crippen molar-refractivity contribution in [2.24, 2.45) is 0 Å². The molecule has 0 aromatic heterocycles. The summed E-state index contributed by atoms with van der Waals surface area (Å²) in [6.07, 6.45) is 0.357. The highest BCUT2D eigenvalue weighted by molar-refractivity contribution is 6.30. The van der Waals surface area contributed by atoms with Crippen molar-refractivity contribution in [3.8, 4) is 5.75 Å². The second-order valence-corrected chi connectivity index (χ2v) is 10.2. The van der Waals surface area contributed by atoms with E-state index in [0.717, 1.165) is 11.1 Å². The Morgan fingerprint density at radius 1 is 0.886 bits per heavy atom. The highest BCUT2D eigenvalue weighted by atomic mass is 35.5. The molecule has 1 unspecified atom stereocenters. The van der Waals surface area contributed by atoms with Crippen molar-refractivity contribution in [2.45, 2.75) is 45.3 Å². The van der Waals surface area contributed by atoms with Crippen LogP contribution in [0.4, 0.5) is 0 Å². The van der Waals surface area contributed by atoms with Gasteiger partial charge in [0, 0.05) is 28.5 Å². The smallest absolute Gasteiger partial charge is 0.261 e. The molecule has 0 bridgehead atoms. The quantitative estimate of drug-likeness (QED) is 0.386. The number of benzene rings is 3. The first-order valence-electron chi connectivity index (χ1n) is 11.4. The maximum absolute atomic E-state index is 13.5. The van der Waals surface area contributed by atoms with E-state index in [9.17, 15) is 9.59 Å². The molecule has 0 saturated carbocycles. The average molecular weight is 513 g/mol. The number of halogens is 2. The van der Waals surface area contributed by atoms with Gasteiger partial charge in [-0.2, -0.15) is 0 Å². The van der Waals surface area contributed by atoms with Crippen molar-refractivity contribution < 1.29 is 14.3 Å². The van der Waals surface area contributed by atoms with Crippen LogP contribution in [0.5, 0.6) is 5.75 Å². The van der Waals surface area contributed by atoms with Crippen molar-refractivity contribution in [1.82, 2.24) is 10.2 Å². The van der Waals surface area contributed by atoms with Crippen LogP contribution >= 0.6 is 23.2 Å². The molecule has 3 rings (SSSR count). The van der Waals surface area contributed by atoms with Crippen molar-refractivity contribution in [3.05, 3.63) is 100 Å². The van der Waals surface area contributed by atoms with Gasteiger partial charge in [-0.25, -0.2) is 0 Å². The van der Waals surface area contributed by atoms with Crippen molar-refractivity contribution in [3.63, 3.8) is 0 Å². The summed E-state index contributed by atoms with van der Waals surface area (Å²) in [7, 11) is 0. The third-order valence-corrected chi connectivity index (χ3v) is 5.67. The molecule has 0 aliphatic carbocycles. The van der Waals surface area contributed by atoms with Crippen LogP contribution in [0.2, 0.25) is 10.0 Å². The molecule has 35 heavy (non-hydrogen) atoms. The summed E-state index contributed by atoms with van der Waals surface area (Å²) < 4.78 is 5.74. The minimum absolute atomic E-state index is 0.207. The summed E-state index contributed by atoms with van der Waals surface area (Å²) in [6.45, 7) is 5.72. The molecule has 0 heterocycles. The van der Waals surface area contributed by atoms with Crippen LogP contribution in [0, 0.1) is 0 Å². The first-order chi connectivity index (χ1) is 16.6. The van der Waals surface area contributed by atoms with Gasteiger partial charge in [0.2, 0.25) is 5.91 Å².